The van der Waals surface area contributed by atoms with Gasteiger partial charge in [0, 0.05) is 6.07 Å². The molecule has 0 heterocycles. The highest BCUT2D eigenvalue weighted by Crippen LogP contribution is 2.27. The third-order valence-electron chi connectivity index (χ3n) is 3.07. The van der Waals surface area contributed by atoms with Gasteiger partial charge in [-0.15, -0.1) is 0 Å². The molecule has 0 aromatic heterocycles. The zero-order valence-corrected chi connectivity index (χ0v) is 11.9. The van der Waals surface area contributed by atoms with E-state index in [1.165, 1.54) is 25.7 Å². The molecular formula is C15H23NO3. The van der Waals surface area contributed by atoms with Crippen molar-refractivity contribution in [1.29, 1.82) is 0 Å². The minimum absolute atomic E-state index is 0.0611. The SMILES string of the molecule is CCCCCCCCOc1ccc(C)cc1[N+](=O)[O-]. The van der Waals surface area contributed by atoms with E-state index < -0.39 is 0 Å². The fourth-order valence-corrected chi connectivity index (χ4v) is 1.96. The Morgan fingerprint density at radius 2 is 1.84 bits per heavy atom. The van der Waals surface area contributed by atoms with E-state index in [0.29, 0.717) is 12.4 Å². The first-order valence-corrected chi connectivity index (χ1v) is 7.03. The van der Waals surface area contributed by atoms with Crippen molar-refractivity contribution in [3.8, 4) is 5.75 Å². The first kappa shape index (κ1) is 15.5. The van der Waals surface area contributed by atoms with Gasteiger partial charge in [0.2, 0.25) is 0 Å². The number of rotatable bonds is 9. The lowest BCUT2D eigenvalue weighted by Gasteiger charge is -2.07. The Morgan fingerprint density at radius 3 is 2.53 bits per heavy atom. The second-order valence-corrected chi connectivity index (χ2v) is 4.84. The zero-order valence-electron chi connectivity index (χ0n) is 11.9. The summed E-state index contributed by atoms with van der Waals surface area (Å²) in [5.74, 6) is 0.379. The van der Waals surface area contributed by atoms with E-state index in [4.69, 9.17) is 4.74 Å². The summed E-state index contributed by atoms with van der Waals surface area (Å²) < 4.78 is 5.52. The van der Waals surface area contributed by atoms with Crippen molar-refractivity contribution in [2.75, 3.05) is 6.61 Å². The van der Waals surface area contributed by atoms with Gasteiger partial charge < -0.3 is 4.74 Å². The van der Waals surface area contributed by atoms with Crippen LogP contribution in [0.15, 0.2) is 18.2 Å². The van der Waals surface area contributed by atoms with Gasteiger partial charge >= 0.3 is 5.69 Å². The highest BCUT2D eigenvalue weighted by molar-refractivity contribution is 5.48. The highest BCUT2D eigenvalue weighted by atomic mass is 16.6. The highest BCUT2D eigenvalue weighted by Gasteiger charge is 2.14. The van der Waals surface area contributed by atoms with E-state index in [0.717, 1.165) is 18.4 Å². The van der Waals surface area contributed by atoms with Gasteiger partial charge in [-0.1, -0.05) is 45.1 Å². The van der Waals surface area contributed by atoms with Gasteiger partial charge in [0.15, 0.2) is 5.75 Å². The predicted molar refractivity (Wildman–Crippen MR) is 76.7 cm³/mol. The quantitative estimate of drug-likeness (QED) is 0.371. The Bertz CT molecular complexity index is 404. The smallest absolute Gasteiger partial charge is 0.311 e. The zero-order chi connectivity index (χ0) is 14.1. The van der Waals surface area contributed by atoms with Crippen LogP contribution in [0.1, 0.15) is 51.0 Å². The molecule has 1 aromatic rings. The fraction of sp³-hybridized carbons (Fsp3) is 0.600. The minimum atomic E-state index is -0.385. The van der Waals surface area contributed by atoms with Crippen LogP contribution in [0.3, 0.4) is 0 Å². The summed E-state index contributed by atoms with van der Waals surface area (Å²) in [6.07, 6.45) is 7.08. The summed E-state index contributed by atoms with van der Waals surface area (Å²) in [6.45, 7) is 4.58. The molecule has 0 atom stereocenters. The number of aryl methyl sites for hydroxylation is 1. The molecule has 19 heavy (non-hydrogen) atoms. The molecule has 1 aromatic carbocycles. The number of nitro benzene ring substituents is 1. The van der Waals surface area contributed by atoms with Gasteiger partial charge in [-0.25, -0.2) is 0 Å². The Kier molecular flexibility index (Phi) is 6.93. The monoisotopic (exact) mass is 265 g/mol. The van der Waals surface area contributed by atoms with Crippen molar-refractivity contribution in [1.82, 2.24) is 0 Å². The Morgan fingerprint density at radius 1 is 1.16 bits per heavy atom. The standard InChI is InChI=1S/C15H23NO3/c1-3-4-5-6-7-8-11-19-15-10-9-13(2)12-14(15)16(17)18/h9-10,12H,3-8,11H2,1-2H3. The molecule has 1 rings (SSSR count). The lowest BCUT2D eigenvalue weighted by molar-refractivity contribution is -0.385. The molecule has 0 aliphatic heterocycles. The summed E-state index contributed by atoms with van der Waals surface area (Å²) in [7, 11) is 0. The van der Waals surface area contributed by atoms with Crippen molar-refractivity contribution in [2.45, 2.75) is 52.4 Å². The number of unbranched alkanes of at least 4 members (excludes halogenated alkanes) is 5. The maximum atomic E-state index is 10.9. The third kappa shape index (κ3) is 5.73. The first-order chi connectivity index (χ1) is 9.15. The molecule has 106 valence electrons. The Balaban J connectivity index is 2.35. The molecule has 4 heteroatoms. The number of hydrogen-bond acceptors (Lipinski definition) is 3. The fourth-order valence-electron chi connectivity index (χ4n) is 1.96. The van der Waals surface area contributed by atoms with Crippen LogP contribution < -0.4 is 4.74 Å². The summed E-state index contributed by atoms with van der Waals surface area (Å²) in [5.41, 5.74) is 0.935. The third-order valence-corrected chi connectivity index (χ3v) is 3.07. The molecule has 0 aliphatic carbocycles. The van der Waals surface area contributed by atoms with Gasteiger partial charge in [-0.3, -0.25) is 10.1 Å². The molecule has 0 aliphatic rings. The number of nitrogens with zero attached hydrogens (tertiary/aromatic N) is 1. The number of nitro groups is 1. The molecule has 0 spiro atoms. The minimum Gasteiger partial charge on any atom is -0.487 e. The van der Waals surface area contributed by atoms with Crippen molar-refractivity contribution in [3.05, 3.63) is 33.9 Å². The lowest BCUT2D eigenvalue weighted by Crippen LogP contribution is -2.01. The summed E-state index contributed by atoms with van der Waals surface area (Å²) in [6, 6.07) is 5.07. The van der Waals surface area contributed by atoms with E-state index in [2.05, 4.69) is 6.92 Å². The second-order valence-electron chi connectivity index (χ2n) is 4.84. The molecule has 0 saturated heterocycles. The molecule has 0 amide bonds. The normalized spacial score (nSPS) is 10.4. The van der Waals surface area contributed by atoms with Crippen molar-refractivity contribution in [2.24, 2.45) is 0 Å². The van der Waals surface area contributed by atoms with Crippen LogP contribution >= 0.6 is 0 Å². The van der Waals surface area contributed by atoms with Crippen molar-refractivity contribution in [3.63, 3.8) is 0 Å². The number of benzene rings is 1. The van der Waals surface area contributed by atoms with E-state index in [1.54, 1.807) is 12.1 Å². The molecule has 0 saturated carbocycles. The van der Waals surface area contributed by atoms with Crippen LogP contribution in [0.2, 0.25) is 0 Å². The van der Waals surface area contributed by atoms with Crippen molar-refractivity contribution >= 4 is 5.69 Å². The Labute approximate surface area is 114 Å². The summed E-state index contributed by atoms with van der Waals surface area (Å²) >= 11 is 0. The largest absolute Gasteiger partial charge is 0.487 e. The summed E-state index contributed by atoms with van der Waals surface area (Å²) in [4.78, 5) is 10.5. The van der Waals surface area contributed by atoms with E-state index in [-0.39, 0.29) is 10.6 Å². The molecule has 0 unspecified atom stereocenters. The molecule has 4 nitrogen and oxygen atoms in total. The predicted octanol–water partition coefficient (Wildman–Crippen LogP) is 4.64. The van der Waals surface area contributed by atoms with E-state index >= 15 is 0 Å². The van der Waals surface area contributed by atoms with Gasteiger partial charge in [-0.2, -0.15) is 0 Å². The molecule has 0 N–H and O–H groups in total. The van der Waals surface area contributed by atoms with Crippen LogP contribution in [0, 0.1) is 17.0 Å². The van der Waals surface area contributed by atoms with Crippen LogP contribution in [-0.4, -0.2) is 11.5 Å². The van der Waals surface area contributed by atoms with Crippen LogP contribution in [0.25, 0.3) is 0 Å². The second kappa shape index (κ2) is 8.51. The summed E-state index contributed by atoms with van der Waals surface area (Å²) in [5, 5.41) is 10.9. The maximum Gasteiger partial charge on any atom is 0.311 e. The van der Waals surface area contributed by atoms with Crippen molar-refractivity contribution < 1.29 is 9.66 Å². The van der Waals surface area contributed by atoms with Gasteiger partial charge in [-0.05, 0) is 25.0 Å². The molecule has 0 bridgehead atoms. The Hall–Kier alpha value is -1.58. The van der Waals surface area contributed by atoms with Gasteiger partial charge in [0.25, 0.3) is 0 Å². The number of ether oxygens (including phenoxy) is 1. The van der Waals surface area contributed by atoms with E-state index in [1.807, 2.05) is 13.0 Å². The van der Waals surface area contributed by atoms with Crippen LogP contribution in [0.4, 0.5) is 5.69 Å². The lowest BCUT2D eigenvalue weighted by atomic mass is 10.1. The first-order valence-electron chi connectivity index (χ1n) is 7.03. The average molecular weight is 265 g/mol. The average Bonchev–Trinajstić information content (AvgIpc) is 2.39. The van der Waals surface area contributed by atoms with Crippen LogP contribution in [-0.2, 0) is 0 Å². The maximum absolute atomic E-state index is 10.9. The van der Waals surface area contributed by atoms with Gasteiger partial charge in [0.05, 0.1) is 11.5 Å². The molecule has 0 fully saturated rings. The van der Waals surface area contributed by atoms with Gasteiger partial charge in [0.1, 0.15) is 0 Å². The van der Waals surface area contributed by atoms with Crippen LogP contribution in [0.5, 0.6) is 5.75 Å². The van der Waals surface area contributed by atoms with E-state index in [9.17, 15) is 10.1 Å². The molecular weight excluding hydrogens is 242 g/mol. The topological polar surface area (TPSA) is 52.4 Å². The molecule has 0 radical (unpaired) electrons. The number of hydrogen-bond donors (Lipinski definition) is 0.